The molecule has 1 atom stereocenters. The molecule has 1 aliphatic rings. The molecule has 0 aliphatic carbocycles. The molecule has 0 saturated carbocycles. The first kappa shape index (κ1) is 21.9. The van der Waals surface area contributed by atoms with Crippen LogP contribution in [0, 0.1) is 0 Å². The monoisotopic (exact) mass is 445 g/mol. The molecule has 1 fully saturated rings. The summed E-state index contributed by atoms with van der Waals surface area (Å²) in [7, 11) is 0. The number of nitrogens with zero attached hydrogens (tertiary/aromatic N) is 2. The summed E-state index contributed by atoms with van der Waals surface area (Å²) in [5, 5.41) is 7.02. The predicted molar refractivity (Wildman–Crippen MR) is 122 cm³/mol. The van der Waals surface area contributed by atoms with Gasteiger partial charge in [-0.2, -0.15) is 0 Å². The summed E-state index contributed by atoms with van der Waals surface area (Å²) in [5.74, 6) is -1.50. The molecule has 0 bridgehead atoms. The molecule has 9 nitrogen and oxygen atoms in total. The maximum absolute atomic E-state index is 13.1. The van der Waals surface area contributed by atoms with Crippen LogP contribution in [0.3, 0.4) is 0 Å². The van der Waals surface area contributed by atoms with Crippen LogP contribution in [0.5, 0.6) is 0 Å². The van der Waals surface area contributed by atoms with Gasteiger partial charge in [-0.15, -0.1) is 0 Å². The fraction of sp³-hybridized carbons (Fsp3) is 0.208. The van der Waals surface area contributed by atoms with Crippen molar-refractivity contribution in [3.05, 3.63) is 72.1 Å². The zero-order chi connectivity index (χ0) is 23.4. The van der Waals surface area contributed by atoms with Gasteiger partial charge >= 0.3 is 0 Å². The second-order valence-corrected chi connectivity index (χ2v) is 7.81. The summed E-state index contributed by atoms with van der Waals surface area (Å²) in [6.07, 6.45) is 4.35. The van der Waals surface area contributed by atoms with E-state index in [9.17, 15) is 19.2 Å². The summed E-state index contributed by atoms with van der Waals surface area (Å²) in [6.45, 7) is 0.207. The topological polar surface area (TPSA) is 134 Å². The highest BCUT2D eigenvalue weighted by Gasteiger charge is 2.34. The third kappa shape index (κ3) is 4.98. The summed E-state index contributed by atoms with van der Waals surface area (Å²) >= 11 is 0. The van der Waals surface area contributed by atoms with E-state index in [-0.39, 0.29) is 24.3 Å². The van der Waals surface area contributed by atoms with Crippen LogP contribution >= 0.6 is 0 Å². The normalized spacial score (nSPS) is 15.3. The van der Waals surface area contributed by atoms with Crippen molar-refractivity contribution in [3.8, 4) is 0 Å². The highest BCUT2D eigenvalue weighted by atomic mass is 16.2. The summed E-state index contributed by atoms with van der Waals surface area (Å²) < 4.78 is 0. The van der Waals surface area contributed by atoms with Gasteiger partial charge in [-0.05, 0) is 60.0 Å². The molecule has 3 aromatic rings. The van der Waals surface area contributed by atoms with Gasteiger partial charge in [-0.3, -0.25) is 24.2 Å². The maximum atomic E-state index is 13.1. The van der Waals surface area contributed by atoms with E-state index in [1.165, 1.54) is 4.90 Å². The van der Waals surface area contributed by atoms with Gasteiger partial charge in [-0.1, -0.05) is 12.1 Å². The number of benzene rings is 2. The molecule has 1 saturated heterocycles. The second kappa shape index (κ2) is 9.47. The first-order chi connectivity index (χ1) is 15.9. The number of primary amides is 1. The number of likely N-dealkylation sites (tertiary alicyclic amines) is 1. The quantitative estimate of drug-likeness (QED) is 0.531. The number of rotatable bonds is 6. The largest absolute Gasteiger partial charge is 0.368 e. The zero-order valence-corrected chi connectivity index (χ0v) is 17.8. The Morgan fingerprint density at radius 3 is 2.45 bits per heavy atom. The molecule has 4 N–H and O–H groups in total. The Bertz CT molecular complexity index is 1230. The van der Waals surface area contributed by atoms with Gasteiger partial charge in [0, 0.05) is 35.8 Å². The Kier molecular flexibility index (Phi) is 6.30. The number of pyridine rings is 1. The summed E-state index contributed by atoms with van der Waals surface area (Å²) in [6, 6.07) is 13.3. The molecule has 1 aromatic heterocycles. The number of hydrogen-bond acceptors (Lipinski definition) is 5. The Hall–Kier alpha value is -4.27. The average molecular weight is 445 g/mol. The lowest BCUT2D eigenvalue weighted by Crippen LogP contribution is -2.47. The molecular weight excluding hydrogens is 422 g/mol. The van der Waals surface area contributed by atoms with Crippen LogP contribution in [0.15, 0.2) is 60.9 Å². The minimum Gasteiger partial charge on any atom is -0.368 e. The number of nitrogens with one attached hydrogen (secondary N) is 2. The molecule has 0 spiro atoms. The number of fused-ring (bicyclic) bond motifs is 1. The van der Waals surface area contributed by atoms with Crippen LogP contribution in [0.25, 0.3) is 10.8 Å². The van der Waals surface area contributed by atoms with Crippen molar-refractivity contribution in [2.45, 2.75) is 18.9 Å². The van der Waals surface area contributed by atoms with Gasteiger partial charge in [0.2, 0.25) is 11.8 Å². The lowest BCUT2D eigenvalue weighted by atomic mass is 10.0. The molecule has 0 radical (unpaired) electrons. The van der Waals surface area contributed by atoms with E-state index in [0.717, 1.165) is 10.8 Å². The Morgan fingerprint density at radius 1 is 0.970 bits per heavy atom. The Morgan fingerprint density at radius 2 is 1.70 bits per heavy atom. The van der Waals surface area contributed by atoms with Crippen LogP contribution in [0.2, 0.25) is 0 Å². The van der Waals surface area contributed by atoms with E-state index in [2.05, 4.69) is 15.6 Å². The number of carbonyl (C=O) groups excluding carboxylic acids is 4. The first-order valence-corrected chi connectivity index (χ1v) is 10.5. The minimum atomic E-state index is -0.634. The average Bonchev–Trinajstić information content (AvgIpc) is 3.32. The van der Waals surface area contributed by atoms with Crippen molar-refractivity contribution in [1.82, 2.24) is 15.2 Å². The molecule has 168 valence electrons. The van der Waals surface area contributed by atoms with Crippen molar-refractivity contribution < 1.29 is 19.2 Å². The third-order valence-corrected chi connectivity index (χ3v) is 5.54. The zero-order valence-electron chi connectivity index (χ0n) is 17.8. The van der Waals surface area contributed by atoms with Gasteiger partial charge in [0.25, 0.3) is 11.8 Å². The molecule has 4 rings (SSSR count). The number of aromatic nitrogens is 1. The standard InChI is InChI=1S/C24H23N5O4/c25-21(30)14-27-23(32)20-2-1-11-29(20)24(33)18-4-3-17-13-19(6-5-16(17)12-18)28-22(31)15-7-9-26-10-8-15/h3-10,12-13,20H,1-2,11,14H2,(H2,25,30)(H,27,32)(H,28,31). The number of anilines is 1. The van der Waals surface area contributed by atoms with Crippen LogP contribution < -0.4 is 16.4 Å². The Labute approximate surface area is 190 Å². The summed E-state index contributed by atoms with van der Waals surface area (Å²) in [5.41, 5.74) is 6.69. The second-order valence-electron chi connectivity index (χ2n) is 7.81. The number of carbonyl (C=O) groups is 4. The predicted octanol–water partition coefficient (Wildman–Crippen LogP) is 1.69. The van der Waals surface area contributed by atoms with E-state index in [1.807, 2.05) is 18.2 Å². The molecule has 1 aliphatic heterocycles. The van der Waals surface area contributed by atoms with Crippen molar-refractivity contribution in [2.24, 2.45) is 5.73 Å². The maximum Gasteiger partial charge on any atom is 0.255 e. The van der Waals surface area contributed by atoms with Crippen molar-refractivity contribution in [1.29, 1.82) is 0 Å². The first-order valence-electron chi connectivity index (χ1n) is 10.5. The fourth-order valence-corrected chi connectivity index (χ4v) is 3.90. The van der Waals surface area contributed by atoms with Crippen LogP contribution in [-0.4, -0.2) is 52.6 Å². The van der Waals surface area contributed by atoms with Gasteiger partial charge in [0.05, 0.1) is 6.54 Å². The molecule has 2 heterocycles. The summed E-state index contributed by atoms with van der Waals surface area (Å²) in [4.78, 5) is 54.2. The minimum absolute atomic E-state index is 0.238. The van der Waals surface area contributed by atoms with Crippen LogP contribution in [-0.2, 0) is 9.59 Å². The molecule has 1 unspecified atom stereocenters. The molecule has 33 heavy (non-hydrogen) atoms. The molecule has 9 heteroatoms. The highest BCUT2D eigenvalue weighted by molar-refractivity contribution is 6.06. The van der Waals surface area contributed by atoms with Gasteiger partial charge in [0.1, 0.15) is 6.04 Å². The van der Waals surface area contributed by atoms with Crippen LogP contribution in [0.4, 0.5) is 5.69 Å². The molecular formula is C24H23N5O4. The van der Waals surface area contributed by atoms with Crippen molar-refractivity contribution in [3.63, 3.8) is 0 Å². The highest BCUT2D eigenvalue weighted by Crippen LogP contribution is 2.25. The number of hydrogen-bond donors (Lipinski definition) is 3. The fourth-order valence-electron chi connectivity index (χ4n) is 3.90. The van der Waals surface area contributed by atoms with Gasteiger partial charge in [-0.25, -0.2) is 0 Å². The molecule has 4 amide bonds. The van der Waals surface area contributed by atoms with Crippen molar-refractivity contribution >= 4 is 40.1 Å². The number of nitrogens with two attached hydrogens (primary N) is 1. The molecule has 2 aromatic carbocycles. The van der Waals surface area contributed by atoms with E-state index >= 15 is 0 Å². The lowest BCUT2D eigenvalue weighted by molar-refractivity contribution is -0.127. The van der Waals surface area contributed by atoms with Crippen molar-refractivity contribution in [2.75, 3.05) is 18.4 Å². The number of amides is 4. The van der Waals surface area contributed by atoms with E-state index in [0.29, 0.717) is 36.2 Å². The smallest absolute Gasteiger partial charge is 0.255 e. The van der Waals surface area contributed by atoms with Gasteiger partial charge in [0.15, 0.2) is 0 Å². The lowest BCUT2D eigenvalue weighted by Gasteiger charge is -2.24. The van der Waals surface area contributed by atoms with E-state index in [4.69, 9.17) is 5.73 Å². The van der Waals surface area contributed by atoms with E-state index < -0.39 is 11.9 Å². The SMILES string of the molecule is NC(=O)CNC(=O)C1CCCN1C(=O)c1ccc2cc(NC(=O)c3ccncc3)ccc2c1. The van der Waals surface area contributed by atoms with Crippen LogP contribution in [0.1, 0.15) is 33.6 Å². The Balaban J connectivity index is 1.49. The third-order valence-electron chi connectivity index (χ3n) is 5.54. The van der Waals surface area contributed by atoms with Gasteiger partial charge < -0.3 is 21.3 Å². The van der Waals surface area contributed by atoms with E-state index in [1.54, 1.807) is 42.7 Å².